The van der Waals surface area contributed by atoms with Gasteiger partial charge in [-0.25, -0.2) is 12.8 Å². The van der Waals surface area contributed by atoms with Gasteiger partial charge in [0.1, 0.15) is 18.4 Å². The predicted octanol–water partition coefficient (Wildman–Crippen LogP) is 6.74. The molecular weight excluding hydrogens is 636 g/mol. The molecule has 7 nitrogen and oxygen atoms in total. The molecule has 0 aliphatic heterocycles. The normalized spacial score (nSPS) is 12.0. The Kier molecular flexibility index (Phi) is 11.6. The summed E-state index contributed by atoms with van der Waals surface area (Å²) >= 11 is 13.0. The van der Waals surface area contributed by atoms with Gasteiger partial charge in [-0.05, 0) is 47.9 Å². The first kappa shape index (κ1) is 34.0. The molecule has 0 aliphatic carbocycles. The lowest BCUT2D eigenvalue weighted by Gasteiger charge is -2.34. The van der Waals surface area contributed by atoms with E-state index < -0.39 is 40.2 Å². The van der Waals surface area contributed by atoms with Crippen LogP contribution < -0.4 is 9.62 Å². The lowest BCUT2D eigenvalue weighted by atomic mass is 10.0. The van der Waals surface area contributed by atoms with Crippen molar-refractivity contribution in [2.45, 2.75) is 37.8 Å². The van der Waals surface area contributed by atoms with Crippen LogP contribution in [0.2, 0.25) is 10.0 Å². The molecule has 0 saturated heterocycles. The number of amides is 2. The highest BCUT2D eigenvalue weighted by atomic mass is 35.5. The van der Waals surface area contributed by atoms with Gasteiger partial charge in [0, 0.05) is 35.1 Å². The summed E-state index contributed by atoms with van der Waals surface area (Å²) in [6, 6.07) is 25.7. The lowest BCUT2D eigenvalue weighted by Crippen LogP contribution is -2.54. The van der Waals surface area contributed by atoms with Crippen LogP contribution in [0.5, 0.6) is 0 Å². The number of sulfonamides is 1. The molecule has 45 heavy (non-hydrogen) atoms. The van der Waals surface area contributed by atoms with Gasteiger partial charge in [0.15, 0.2) is 0 Å². The molecule has 1 N–H and O–H groups in total. The van der Waals surface area contributed by atoms with Crippen LogP contribution in [0.1, 0.15) is 25.0 Å². The molecule has 1 unspecified atom stereocenters. The Labute approximate surface area is 273 Å². The monoisotopic (exact) mass is 669 g/mol. The van der Waals surface area contributed by atoms with Gasteiger partial charge >= 0.3 is 0 Å². The second-order valence-electron chi connectivity index (χ2n) is 10.8. The summed E-state index contributed by atoms with van der Waals surface area (Å²) in [5, 5.41) is 3.45. The van der Waals surface area contributed by atoms with Gasteiger partial charge < -0.3 is 10.2 Å². The third-order valence-corrected chi connectivity index (χ3v) is 9.56. The largest absolute Gasteiger partial charge is 0.354 e. The van der Waals surface area contributed by atoms with Crippen molar-refractivity contribution in [3.63, 3.8) is 0 Å². The van der Waals surface area contributed by atoms with Gasteiger partial charge in [0.05, 0.1) is 10.6 Å². The third kappa shape index (κ3) is 8.63. The summed E-state index contributed by atoms with van der Waals surface area (Å²) in [5.74, 6) is -1.90. The number of rotatable bonds is 13. The Morgan fingerprint density at radius 1 is 0.822 bits per heavy atom. The van der Waals surface area contributed by atoms with Crippen molar-refractivity contribution in [2.75, 3.05) is 17.4 Å². The van der Waals surface area contributed by atoms with Crippen LogP contribution >= 0.6 is 23.2 Å². The van der Waals surface area contributed by atoms with E-state index in [0.29, 0.717) is 12.1 Å². The number of nitrogens with one attached hydrogen (secondary N) is 1. The van der Waals surface area contributed by atoms with Crippen LogP contribution in [0.3, 0.4) is 0 Å². The minimum atomic E-state index is -4.43. The number of hydrogen-bond acceptors (Lipinski definition) is 4. The smallest absolute Gasteiger partial charge is 0.264 e. The Balaban J connectivity index is 1.84. The number of hydrogen-bond donors (Lipinski definition) is 1. The molecular formula is C34H34Cl2FN3O4S. The Morgan fingerprint density at radius 2 is 1.40 bits per heavy atom. The van der Waals surface area contributed by atoms with E-state index in [0.717, 1.165) is 15.9 Å². The number of anilines is 1. The number of para-hydroxylation sites is 1. The van der Waals surface area contributed by atoms with Gasteiger partial charge in [-0.1, -0.05) is 104 Å². The second-order valence-corrected chi connectivity index (χ2v) is 13.5. The summed E-state index contributed by atoms with van der Waals surface area (Å²) in [7, 11) is -4.43. The van der Waals surface area contributed by atoms with Crippen LogP contribution in [-0.4, -0.2) is 44.3 Å². The molecule has 0 saturated carbocycles. The van der Waals surface area contributed by atoms with E-state index in [1.54, 1.807) is 24.3 Å². The molecule has 0 heterocycles. The van der Waals surface area contributed by atoms with Crippen LogP contribution in [0, 0.1) is 11.7 Å². The molecule has 2 amide bonds. The first-order valence-corrected chi connectivity index (χ1v) is 16.5. The van der Waals surface area contributed by atoms with Crippen molar-refractivity contribution >= 4 is 50.7 Å². The van der Waals surface area contributed by atoms with E-state index in [-0.39, 0.29) is 39.5 Å². The topological polar surface area (TPSA) is 86.8 Å². The van der Waals surface area contributed by atoms with Crippen molar-refractivity contribution in [1.29, 1.82) is 0 Å². The van der Waals surface area contributed by atoms with Crippen molar-refractivity contribution in [3.05, 3.63) is 130 Å². The van der Waals surface area contributed by atoms with Crippen molar-refractivity contribution in [2.24, 2.45) is 5.92 Å². The molecule has 0 aromatic heterocycles. The molecule has 0 aliphatic rings. The molecule has 236 valence electrons. The summed E-state index contributed by atoms with van der Waals surface area (Å²) in [6.45, 7) is 3.23. The highest BCUT2D eigenvalue weighted by Gasteiger charge is 2.36. The van der Waals surface area contributed by atoms with Gasteiger partial charge in [0.2, 0.25) is 11.8 Å². The molecule has 1 atom stereocenters. The number of halogens is 3. The molecule has 0 bridgehead atoms. The Morgan fingerprint density at radius 3 is 2.00 bits per heavy atom. The zero-order valence-electron chi connectivity index (χ0n) is 24.9. The summed E-state index contributed by atoms with van der Waals surface area (Å²) in [6.07, 6.45) is 0.115. The van der Waals surface area contributed by atoms with Crippen molar-refractivity contribution < 1.29 is 22.4 Å². The predicted molar refractivity (Wildman–Crippen MR) is 176 cm³/mol. The summed E-state index contributed by atoms with van der Waals surface area (Å²) in [4.78, 5) is 29.4. The highest BCUT2D eigenvalue weighted by Crippen LogP contribution is 2.30. The average Bonchev–Trinajstić information content (AvgIpc) is 3.02. The number of carbonyl (C=O) groups excluding carboxylic acids is 2. The van der Waals surface area contributed by atoms with E-state index in [2.05, 4.69) is 5.32 Å². The van der Waals surface area contributed by atoms with E-state index in [4.69, 9.17) is 23.2 Å². The maximum Gasteiger partial charge on any atom is 0.264 e. The maximum atomic E-state index is 15.2. The van der Waals surface area contributed by atoms with Crippen LogP contribution in [-0.2, 0) is 32.6 Å². The second kappa shape index (κ2) is 15.4. The zero-order chi connectivity index (χ0) is 32.6. The number of nitrogens with zero attached hydrogens (tertiary/aromatic N) is 2. The third-order valence-electron chi connectivity index (χ3n) is 7.08. The summed E-state index contributed by atoms with van der Waals surface area (Å²) < 4.78 is 43.8. The van der Waals surface area contributed by atoms with E-state index in [1.165, 1.54) is 47.4 Å². The van der Waals surface area contributed by atoms with Gasteiger partial charge in [-0.3, -0.25) is 13.9 Å². The molecule has 4 rings (SSSR count). The first-order chi connectivity index (χ1) is 21.5. The average molecular weight is 671 g/mol. The van der Waals surface area contributed by atoms with Gasteiger partial charge in [-0.15, -0.1) is 0 Å². The zero-order valence-corrected chi connectivity index (χ0v) is 27.2. The Hall–Kier alpha value is -3.92. The van der Waals surface area contributed by atoms with Crippen LogP contribution in [0.25, 0.3) is 0 Å². The fourth-order valence-electron chi connectivity index (χ4n) is 4.72. The highest BCUT2D eigenvalue weighted by molar-refractivity contribution is 7.92. The molecule has 0 fully saturated rings. The number of carbonyl (C=O) groups is 2. The molecule has 4 aromatic carbocycles. The molecule has 11 heteroatoms. The minimum absolute atomic E-state index is 0.115. The van der Waals surface area contributed by atoms with Crippen LogP contribution in [0.4, 0.5) is 10.1 Å². The fraction of sp³-hybridized carbons (Fsp3) is 0.235. The van der Waals surface area contributed by atoms with Crippen molar-refractivity contribution in [1.82, 2.24) is 10.2 Å². The number of benzene rings is 4. The quantitative estimate of drug-likeness (QED) is 0.171. The maximum absolute atomic E-state index is 15.2. The Bertz CT molecular complexity index is 1700. The SMILES string of the molecule is CC(C)CNC(=O)C(Cc1ccccc1)N(Cc1c(Cl)cccc1Cl)C(=O)CN(c1ccccc1F)S(=O)(=O)c1ccccc1. The first-order valence-electron chi connectivity index (χ1n) is 14.3. The molecule has 0 radical (unpaired) electrons. The lowest BCUT2D eigenvalue weighted by molar-refractivity contribution is -0.140. The van der Waals surface area contributed by atoms with Gasteiger partial charge in [-0.2, -0.15) is 0 Å². The molecule has 0 spiro atoms. The van der Waals surface area contributed by atoms with Crippen LogP contribution in [0.15, 0.2) is 108 Å². The molecule has 4 aromatic rings. The summed E-state index contributed by atoms with van der Waals surface area (Å²) in [5.41, 5.74) is 0.842. The standard InChI is InChI=1S/C34H34Cl2FN3O4S/c1-24(2)21-38-34(42)32(20-25-12-5-3-6-13-25)39(22-27-28(35)16-11-17-29(27)36)33(41)23-40(31-19-10-9-18-30(31)37)45(43,44)26-14-7-4-8-15-26/h3-19,24,32H,20-23H2,1-2H3,(H,38,42). The van der Waals surface area contributed by atoms with E-state index >= 15 is 4.39 Å². The van der Waals surface area contributed by atoms with E-state index in [9.17, 15) is 18.0 Å². The fourth-order valence-corrected chi connectivity index (χ4v) is 6.68. The van der Waals surface area contributed by atoms with Gasteiger partial charge in [0.25, 0.3) is 10.0 Å². The minimum Gasteiger partial charge on any atom is -0.354 e. The van der Waals surface area contributed by atoms with E-state index in [1.807, 2.05) is 44.2 Å². The van der Waals surface area contributed by atoms with Crippen molar-refractivity contribution in [3.8, 4) is 0 Å².